The molecule has 0 amide bonds. The van der Waals surface area contributed by atoms with Gasteiger partial charge >= 0.3 is 23.9 Å². The van der Waals surface area contributed by atoms with Gasteiger partial charge in [0.05, 0.1) is 36.5 Å². The number of carboxylic acid groups (broad SMARTS) is 2. The maximum Gasteiger partial charge on any atom is 0.339 e. The van der Waals surface area contributed by atoms with Crippen LogP contribution in [0.2, 0.25) is 0 Å². The second-order valence-electron chi connectivity index (χ2n) is 5.99. The van der Waals surface area contributed by atoms with E-state index in [9.17, 15) is 29.4 Å². The minimum absolute atomic E-state index is 0.0268. The summed E-state index contributed by atoms with van der Waals surface area (Å²) in [7, 11) is 1.99. The van der Waals surface area contributed by atoms with Crippen LogP contribution >= 0.6 is 0 Å². The van der Waals surface area contributed by atoms with Gasteiger partial charge < -0.3 is 19.7 Å². The van der Waals surface area contributed by atoms with Crippen LogP contribution in [0, 0.1) is 13.8 Å². The summed E-state index contributed by atoms with van der Waals surface area (Å²) in [4.78, 5) is 48.4. The van der Waals surface area contributed by atoms with Crippen LogP contribution < -0.4 is 0 Å². The van der Waals surface area contributed by atoms with Gasteiger partial charge in [-0.15, -0.1) is 0 Å². The van der Waals surface area contributed by atoms with Crippen LogP contribution in [0.4, 0.5) is 0 Å². The summed E-state index contributed by atoms with van der Waals surface area (Å²) in [6.45, 7) is 3.67. The fourth-order valence-electron chi connectivity index (χ4n) is 2.83. The first-order chi connectivity index (χ1) is 13.1. The van der Waals surface area contributed by atoms with E-state index in [0.29, 0.717) is 5.56 Å². The summed E-state index contributed by atoms with van der Waals surface area (Å²) in [6.07, 6.45) is 0. The van der Waals surface area contributed by atoms with Crippen molar-refractivity contribution < 1.29 is 38.9 Å². The third-order valence-corrected chi connectivity index (χ3v) is 4.37. The van der Waals surface area contributed by atoms with E-state index in [0.717, 1.165) is 31.4 Å². The van der Waals surface area contributed by atoms with Crippen molar-refractivity contribution in [2.24, 2.45) is 0 Å². The van der Waals surface area contributed by atoms with Crippen molar-refractivity contribution in [3.63, 3.8) is 0 Å². The molecule has 2 N–H and O–H groups in total. The zero-order valence-electron chi connectivity index (χ0n) is 15.7. The first-order valence-corrected chi connectivity index (χ1v) is 8.05. The molecule has 0 aliphatic rings. The van der Waals surface area contributed by atoms with Crippen LogP contribution in [-0.4, -0.2) is 48.3 Å². The molecule has 8 nitrogen and oxygen atoms in total. The molecular formula is C20H18O8. The fourth-order valence-corrected chi connectivity index (χ4v) is 2.83. The minimum atomic E-state index is -1.52. The Morgan fingerprint density at radius 1 is 0.750 bits per heavy atom. The molecule has 0 heterocycles. The van der Waals surface area contributed by atoms with Crippen molar-refractivity contribution in [1.82, 2.24) is 0 Å². The molecule has 0 radical (unpaired) electrons. The molecule has 0 bridgehead atoms. The number of carbonyl (C=O) groups excluding carboxylic acids is 2. The van der Waals surface area contributed by atoms with Gasteiger partial charge in [0.1, 0.15) is 0 Å². The Morgan fingerprint density at radius 2 is 1.32 bits per heavy atom. The van der Waals surface area contributed by atoms with Crippen LogP contribution in [0.5, 0.6) is 0 Å². The van der Waals surface area contributed by atoms with Crippen molar-refractivity contribution >= 4 is 23.9 Å². The molecule has 0 atom stereocenters. The van der Waals surface area contributed by atoms with Gasteiger partial charge in [-0.05, 0) is 42.2 Å². The highest BCUT2D eigenvalue weighted by molar-refractivity contribution is 6.17. The van der Waals surface area contributed by atoms with Crippen molar-refractivity contribution in [2.75, 3.05) is 14.2 Å². The zero-order chi connectivity index (χ0) is 21.2. The highest BCUT2D eigenvalue weighted by Gasteiger charge is 2.34. The van der Waals surface area contributed by atoms with E-state index >= 15 is 0 Å². The molecule has 0 spiro atoms. The number of methoxy groups -OCH3 is 2. The SMILES string of the molecule is COC(=O)c1c(C(=O)O)cc(-c2ccc(C)c(C)c2)c(C(=O)O)c1C(=O)OC. The Hall–Kier alpha value is -3.68. The summed E-state index contributed by atoms with van der Waals surface area (Å²) in [5.41, 5.74) is -0.320. The molecule has 0 aromatic heterocycles. The van der Waals surface area contributed by atoms with Crippen molar-refractivity contribution in [3.05, 3.63) is 57.6 Å². The number of carboxylic acids is 2. The molecule has 2 aromatic rings. The average Bonchev–Trinajstić information content (AvgIpc) is 2.66. The predicted molar refractivity (Wildman–Crippen MR) is 97.9 cm³/mol. The number of rotatable bonds is 5. The van der Waals surface area contributed by atoms with Crippen LogP contribution in [-0.2, 0) is 9.47 Å². The number of esters is 2. The van der Waals surface area contributed by atoms with Gasteiger partial charge in [-0.3, -0.25) is 0 Å². The normalized spacial score (nSPS) is 10.3. The topological polar surface area (TPSA) is 127 Å². The summed E-state index contributed by atoms with van der Waals surface area (Å²) in [5, 5.41) is 19.4. The van der Waals surface area contributed by atoms with Gasteiger partial charge in [0.2, 0.25) is 0 Å². The number of aromatic carboxylic acids is 2. The zero-order valence-corrected chi connectivity index (χ0v) is 15.7. The number of aryl methyl sites for hydroxylation is 2. The van der Waals surface area contributed by atoms with Crippen LogP contribution in [0.3, 0.4) is 0 Å². The Morgan fingerprint density at radius 3 is 1.79 bits per heavy atom. The molecular weight excluding hydrogens is 368 g/mol. The van der Waals surface area contributed by atoms with E-state index < -0.39 is 46.1 Å². The lowest BCUT2D eigenvalue weighted by Crippen LogP contribution is -2.22. The fraction of sp³-hybridized carbons (Fsp3) is 0.200. The van der Waals surface area contributed by atoms with Crippen LogP contribution in [0.25, 0.3) is 11.1 Å². The first-order valence-electron chi connectivity index (χ1n) is 8.05. The third kappa shape index (κ3) is 3.57. The second-order valence-corrected chi connectivity index (χ2v) is 5.99. The lowest BCUT2D eigenvalue weighted by atomic mass is 9.87. The molecule has 8 heteroatoms. The molecule has 2 aromatic carbocycles. The summed E-state index contributed by atoms with van der Waals surface area (Å²) < 4.78 is 9.20. The van der Waals surface area contributed by atoms with E-state index in [2.05, 4.69) is 9.47 Å². The highest BCUT2D eigenvalue weighted by atomic mass is 16.5. The maximum absolute atomic E-state index is 12.4. The van der Waals surface area contributed by atoms with E-state index in [1.165, 1.54) is 0 Å². The predicted octanol–water partition coefficient (Wildman–Crippen LogP) is 2.94. The molecule has 0 saturated heterocycles. The maximum atomic E-state index is 12.4. The largest absolute Gasteiger partial charge is 0.478 e. The van der Waals surface area contributed by atoms with Gasteiger partial charge in [0, 0.05) is 0 Å². The number of benzene rings is 2. The van der Waals surface area contributed by atoms with Crippen molar-refractivity contribution in [1.29, 1.82) is 0 Å². The smallest absolute Gasteiger partial charge is 0.339 e. The highest BCUT2D eigenvalue weighted by Crippen LogP contribution is 2.33. The summed E-state index contributed by atoms with van der Waals surface area (Å²) in [6, 6.07) is 6.06. The van der Waals surface area contributed by atoms with E-state index in [1.54, 1.807) is 25.1 Å². The number of carbonyl (C=O) groups is 4. The Bertz CT molecular complexity index is 1000. The van der Waals surface area contributed by atoms with Crippen LogP contribution in [0.15, 0.2) is 24.3 Å². The van der Waals surface area contributed by atoms with Gasteiger partial charge in [0.25, 0.3) is 0 Å². The van der Waals surface area contributed by atoms with Crippen LogP contribution in [0.1, 0.15) is 52.6 Å². The van der Waals surface area contributed by atoms with Gasteiger partial charge in [-0.25, -0.2) is 19.2 Å². The van der Waals surface area contributed by atoms with Crippen molar-refractivity contribution in [2.45, 2.75) is 13.8 Å². The number of hydrogen-bond acceptors (Lipinski definition) is 6. The van der Waals surface area contributed by atoms with E-state index in [4.69, 9.17) is 0 Å². The van der Waals surface area contributed by atoms with Gasteiger partial charge in [0.15, 0.2) is 0 Å². The number of hydrogen-bond donors (Lipinski definition) is 2. The first kappa shape index (κ1) is 20.6. The third-order valence-electron chi connectivity index (χ3n) is 4.37. The molecule has 28 heavy (non-hydrogen) atoms. The quantitative estimate of drug-likeness (QED) is 0.751. The molecule has 0 saturated carbocycles. The molecule has 0 unspecified atom stereocenters. The van der Waals surface area contributed by atoms with Crippen molar-refractivity contribution in [3.8, 4) is 11.1 Å². The Labute approximate surface area is 160 Å². The van der Waals surface area contributed by atoms with E-state index in [1.807, 2.05) is 6.92 Å². The van der Waals surface area contributed by atoms with E-state index in [-0.39, 0.29) is 5.56 Å². The van der Waals surface area contributed by atoms with Gasteiger partial charge in [-0.2, -0.15) is 0 Å². The summed E-state index contributed by atoms with van der Waals surface area (Å²) >= 11 is 0. The lowest BCUT2D eigenvalue weighted by molar-refractivity contribution is 0.0540. The monoisotopic (exact) mass is 386 g/mol. The molecule has 0 fully saturated rings. The number of ether oxygens (including phenoxy) is 2. The lowest BCUT2D eigenvalue weighted by Gasteiger charge is -2.17. The molecule has 2 rings (SSSR count). The molecule has 0 aliphatic carbocycles. The average molecular weight is 386 g/mol. The minimum Gasteiger partial charge on any atom is -0.478 e. The Balaban J connectivity index is 3.08. The molecule has 0 aliphatic heterocycles. The van der Waals surface area contributed by atoms with Gasteiger partial charge in [-0.1, -0.05) is 18.2 Å². The Kier molecular flexibility index (Phi) is 5.83. The summed E-state index contributed by atoms with van der Waals surface area (Å²) in [5.74, 6) is -5.36. The standard InChI is InChI=1S/C20H18O8/c1-9-5-6-11(7-10(9)2)12-8-13(17(21)22)15(19(25)27-3)16(20(26)28-4)14(12)18(23)24/h5-8H,1-4H3,(H,21,22)(H,23,24). The molecule has 146 valence electrons. The second kappa shape index (κ2) is 7.91.